The maximum atomic E-state index is 13.1. The van der Waals surface area contributed by atoms with Crippen LogP contribution >= 0.6 is 0 Å². The number of sulfone groups is 1. The van der Waals surface area contributed by atoms with Crippen molar-refractivity contribution in [3.63, 3.8) is 0 Å². The quantitative estimate of drug-likeness (QED) is 0.187. The van der Waals surface area contributed by atoms with Crippen LogP contribution in [-0.4, -0.2) is 74.9 Å². The van der Waals surface area contributed by atoms with Crippen molar-refractivity contribution in [3.8, 4) is 0 Å². The number of likely N-dealkylation sites (tertiary alicyclic amines) is 1. The average molecular weight is 512 g/mol. The zero-order valence-corrected chi connectivity index (χ0v) is 22.1. The van der Waals surface area contributed by atoms with E-state index in [1.807, 2.05) is 42.2 Å². The molecule has 36 heavy (non-hydrogen) atoms. The van der Waals surface area contributed by atoms with Gasteiger partial charge in [0, 0.05) is 44.9 Å². The van der Waals surface area contributed by atoms with Gasteiger partial charge >= 0.3 is 0 Å². The summed E-state index contributed by atoms with van der Waals surface area (Å²) in [4.78, 5) is 23.1. The van der Waals surface area contributed by atoms with Crippen LogP contribution in [0.5, 0.6) is 0 Å². The molecule has 0 radical (unpaired) electrons. The Labute approximate surface area is 215 Å². The van der Waals surface area contributed by atoms with Crippen LogP contribution in [0.2, 0.25) is 0 Å². The Bertz CT molecular complexity index is 1120. The van der Waals surface area contributed by atoms with Crippen LogP contribution in [0.25, 0.3) is 0 Å². The van der Waals surface area contributed by atoms with Gasteiger partial charge in [0.15, 0.2) is 9.84 Å². The second kappa shape index (κ2) is 13.4. The minimum absolute atomic E-state index is 0.0842. The molecular weight excluding hydrogens is 474 g/mol. The fraction of sp³-hybridized carbons (Fsp3) is 0.429. The van der Waals surface area contributed by atoms with Gasteiger partial charge in [-0.3, -0.25) is 4.79 Å². The molecule has 0 N–H and O–H groups in total. The summed E-state index contributed by atoms with van der Waals surface area (Å²) < 4.78 is 23.3. The van der Waals surface area contributed by atoms with E-state index in [0.29, 0.717) is 13.2 Å². The lowest BCUT2D eigenvalue weighted by atomic mass is 10.0. The summed E-state index contributed by atoms with van der Waals surface area (Å²) in [5.41, 5.74) is 2.81. The van der Waals surface area contributed by atoms with E-state index in [-0.39, 0.29) is 23.3 Å². The Morgan fingerprint density at radius 3 is 2.39 bits per heavy atom. The Balaban J connectivity index is 1.52. The minimum atomic E-state index is -3.24. The van der Waals surface area contributed by atoms with E-state index in [0.717, 1.165) is 55.7 Å². The van der Waals surface area contributed by atoms with E-state index >= 15 is 0 Å². The van der Waals surface area contributed by atoms with Crippen LogP contribution in [0.3, 0.4) is 0 Å². The molecule has 1 heterocycles. The van der Waals surface area contributed by atoms with Gasteiger partial charge in [-0.05, 0) is 43.0 Å². The third kappa shape index (κ3) is 8.03. The molecule has 7 nitrogen and oxygen atoms in total. The van der Waals surface area contributed by atoms with Crippen LogP contribution in [0.4, 0.5) is 0 Å². The summed E-state index contributed by atoms with van der Waals surface area (Å²) in [6.45, 7) is 9.46. The lowest BCUT2D eigenvalue weighted by molar-refractivity contribution is -0.133. The molecule has 0 saturated carbocycles. The molecule has 0 spiro atoms. The minimum Gasteiger partial charge on any atom is -0.391 e. The molecule has 1 saturated heterocycles. The SMILES string of the molecule is C=CCON=C(CCN1CCC(N(CC)C(=O)Cc2ccc(S(C)(=O)=O)cc2)CC1)c1ccccc1. The van der Waals surface area contributed by atoms with E-state index in [9.17, 15) is 13.2 Å². The smallest absolute Gasteiger partial charge is 0.227 e. The summed E-state index contributed by atoms with van der Waals surface area (Å²) in [6, 6.07) is 16.9. The predicted octanol–water partition coefficient (Wildman–Crippen LogP) is 3.94. The van der Waals surface area contributed by atoms with Gasteiger partial charge in [0.1, 0.15) is 6.61 Å². The van der Waals surface area contributed by atoms with Gasteiger partial charge in [-0.2, -0.15) is 0 Å². The molecule has 1 amide bonds. The molecule has 0 aliphatic carbocycles. The first-order valence-electron chi connectivity index (χ1n) is 12.5. The number of piperidine rings is 1. The maximum Gasteiger partial charge on any atom is 0.227 e. The number of carbonyl (C=O) groups is 1. The van der Waals surface area contributed by atoms with Crippen molar-refractivity contribution < 1.29 is 18.0 Å². The van der Waals surface area contributed by atoms with Crippen molar-refractivity contribution in [2.24, 2.45) is 5.16 Å². The zero-order chi connectivity index (χ0) is 26.0. The largest absolute Gasteiger partial charge is 0.391 e. The Kier molecular flexibility index (Phi) is 10.3. The first kappa shape index (κ1) is 27.6. The number of oxime groups is 1. The Morgan fingerprint density at radius 1 is 1.14 bits per heavy atom. The number of amides is 1. The molecule has 2 aromatic rings. The summed E-state index contributed by atoms with van der Waals surface area (Å²) in [7, 11) is -3.24. The predicted molar refractivity (Wildman–Crippen MR) is 144 cm³/mol. The molecule has 1 aliphatic rings. The molecule has 0 bridgehead atoms. The summed E-state index contributed by atoms with van der Waals surface area (Å²) >= 11 is 0. The van der Waals surface area contributed by atoms with Gasteiger partial charge in [0.25, 0.3) is 0 Å². The van der Waals surface area contributed by atoms with Crippen molar-refractivity contribution in [2.75, 3.05) is 39.0 Å². The Morgan fingerprint density at radius 2 is 1.81 bits per heavy atom. The van der Waals surface area contributed by atoms with Gasteiger partial charge < -0.3 is 14.6 Å². The van der Waals surface area contributed by atoms with Crippen molar-refractivity contribution in [2.45, 2.75) is 43.5 Å². The number of hydrogen-bond acceptors (Lipinski definition) is 6. The highest BCUT2D eigenvalue weighted by molar-refractivity contribution is 7.90. The molecule has 194 valence electrons. The van der Waals surface area contributed by atoms with E-state index in [4.69, 9.17) is 4.84 Å². The molecule has 8 heteroatoms. The number of carbonyl (C=O) groups excluding carboxylic acids is 1. The third-order valence-electron chi connectivity index (χ3n) is 6.50. The number of rotatable bonds is 12. The van der Waals surface area contributed by atoms with Gasteiger partial charge in [0.2, 0.25) is 5.91 Å². The third-order valence-corrected chi connectivity index (χ3v) is 7.63. The molecule has 0 aromatic heterocycles. The maximum absolute atomic E-state index is 13.1. The van der Waals surface area contributed by atoms with Crippen LogP contribution < -0.4 is 0 Å². The number of benzene rings is 2. The number of nitrogens with zero attached hydrogens (tertiary/aromatic N) is 3. The van der Waals surface area contributed by atoms with Gasteiger partial charge in [-0.15, -0.1) is 0 Å². The number of hydrogen-bond donors (Lipinski definition) is 0. The molecule has 1 fully saturated rings. The molecule has 2 aromatic carbocycles. The zero-order valence-electron chi connectivity index (χ0n) is 21.3. The van der Waals surface area contributed by atoms with Gasteiger partial charge in [-0.25, -0.2) is 8.42 Å². The van der Waals surface area contributed by atoms with Crippen molar-refractivity contribution in [1.82, 2.24) is 9.80 Å². The fourth-order valence-electron chi connectivity index (χ4n) is 4.53. The first-order chi connectivity index (χ1) is 17.3. The molecule has 1 aliphatic heterocycles. The molecule has 0 atom stereocenters. The standard InChI is InChI=1S/C28H37N3O4S/c1-4-21-35-29-27(24-9-7-6-8-10-24)17-20-30-18-15-25(16-19-30)31(5-2)28(32)22-23-11-13-26(14-12-23)36(3,33)34/h4,6-14,25H,1,5,15-22H2,2-3H3. The van der Waals surface area contributed by atoms with Crippen molar-refractivity contribution in [3.05, 3.63) is 78.4 Å². The Hall–Kier alpha value is -2.97. The highest BCUT2D eigenvalue weighted by Gasteiger charge is 2.27. The normalized spacial score (nSPS) is 15.4. The van der Waals surface area contributed by atoms with E-state index in [2.05, 4.69) is 16.6 Å². The summed E-state index contributed by atoms with van der Waals surface area (Å²) in [5, 5.41) is 4.34. The lowest BCUT2D eigenvalue weighted by Gasteiger charge is -2.38. The van der Waals surface area contributed by atoms with Crippen LogP contribution in [-0.2, 0) is 25.9 Å². The van der Waals surface area contributed by atoms with Gasteiger partial charge in [-0.1, -0.05) is 60.3 Å². The lowest BCUT2D eigenvalue weighted by Crippen LogP contribution is -2.48. The second-order valence-corrected chi connectivity index (χ2v) is 11.1. The summed E-state index contributed by atoms with van der Waals surface area (Å²) in [5.74, 6) is 0.0842. The van der Waals surface area contributed by atoms with E-state index < -0.39 is 9.84 Å². The number of likely N-dealkylation sites (N-methyl/N-ethyl adjacent to an activating group) is 1. The van der Waals surface area contributed by atoms with Crippen LogP contribution in [0.15, 0.2) is 77.3 Å². The van der Waals surface area contributed by atoms with Crippen molar-refractivity contribution >= 4 is 21.5 Å². The highest BCUT2D eigenvalue weighted by atomic mass is 32.2. The topological polar surface area (TPSA) is 79.3 Å². The second-order valence-electron chi connectivity index (χ2n) is 9.08. The van der Waals surface area contributed by atoms with E-state index in [1.165, 1.54) is 6.26 Å². The summed E-state index contributed by atoms with van der Waals surface area (Å²) in [6.07, 6.45) is 5.78. The van der Waals surface area contributed by atoms with Crippen LogP contribution in [0.1, 0.15) is 37.3 Å². The van der Waals surface area contributed by atoms with Crippen molar-refractivity contribution in [1.29, 1.82) is 0 Å². The van der Waals surface area contributed by atoms with Gasteiger partial charge in [0.05, 0.1) is 17.0 Å². The molecule has 3 rings (SSSR count). The monoisotopic (exact) mass is 511 g/mol. The highest BCUT2D eigenvalue weighted by Crippen LogP contribution is 2.19. The molecule has 0 unspecified atom stereocenters. The van der Waals surface area contributed by atoms with E-state index in [1.54, 1.807) is 30.3 Å². The fourth-order valence-corrected chi connectivity index (χ4v) is 5.16. The van der Waals surface area contributed by atoms with Crippen LogP contribution in [0, 0.1) is 0 Å². The first-order valence-corrected chi connectivity index (χ1v) is 14.4. The average Bonchev–Trinajstić information content (AvgIpc) is 2.87. The molecular formula is C28H37N3O4S.